The number of hydrogen-bond acceptors (Lipinski definition) is 3. The Kier molecular flexibility index (Phi) is 6.48. The molecule has 0 aliphatic rings. The summed E-state index contributed by atoms with van der Waals surface area (Å²) in [7, 11) is -3.14. The van der Waals surface area contributed by atoms with Gasteiger partial charge >= 0.3 is 0 Å². The molecule has 1 aromatic rings. The maximum Gasteiger partial charge on any atom is 0.211 e. The van der Waals surface area contributed by atoms with Gasteiger partial charge in [0.1, 0.15) is 0 Å². The van der Waals surface area contributed by atoms with Gasteiger partial charge in [-0.1, -0.05) is 38.1 Å². The Balaban J connectivity index is 2.78. The van der Waals surface area contributed by atoms with E-state index in [0.717, 1.165) is 25.2 Å². The maximum atomic E-state index is 11.5. The van der Waals surface area contributed by atoms with Crippen LogP contribution >= 0.6 is 0 Å². The van der Waals surface area contributed by atoms with Gasteiger partial charge in [-0.25, -0.2) is 13.1 Å². The van der Waals surface area contributed by atoms with Crippen LogP contribution in [0.3, 0.4) is 0 Å². The highest BCUT2D eigenvalue weighted by molar-refractivity contribution is 7.89. The lowest BCUT2D eigenvalue weighted by Gasteiger charge is -2.20. The topological polar surface area (TPSA) is 49.4 Å². The molecule has 5 heteroatoms. The lowest BCUT2D eigenvalue weighted by atomic mass is 10.1. The van der Waals surface area contributed by atoms with Crippen molar-refractivity contribution >= 4 is 10.0 Å². The van der Waals surface area contributed by atoms with Crippen molar-refractivity contribution in [3.63, 3.8) is 0 Å². The summed E-state index contributed by atoms with van der Waals surface area (Å²) in [5.41, 5.74) is 2.23. The first-order valence-corrected chi connectivity index (χ1v) is 8.44. The zero-order valence-electron chi connectivity index (χ0n) is 12.0. The molecule has 1 N–H and O–H groups in total. The monoisotopic (exact) mass is 284 g/mol. The first kappa shape index (κ1) is 16.1. The van der Waals surface area contributed by atoms with E-state index in [9.17, 15) is 8.42 Å². The maximum absolute atomic E-state index is 11.5. The first-order chi connectivity index (χ1) is 9.02. The van der Waals surface area contributed by atoms with E-state index in [-0.39, 0.29) is 5.75 Å². The molecule has 0 saturated heterocycles. The molecule has 108 valence electrons. The molecule has 0 spiro atoms. The van der Waals surface area contributed by atoms with Gasteiger partial charge in [0.25, 0.3) is 0 Å². The number of rotatable bonds is 8. The standard InChI is InChI=1S/C14H24N2O2S/c1-4-16(5-2)12-14-10-8-7-9-13(14)11-15-19(17,18)6-3/h7-10,15H,4-6,11-12H2,1-3H3. The highest BCUT2D eigenvalue weighted by atomic mass is 32.2. The summed E-state index contributed by atoms with van der Waals surface area (Å²) < 4.78 is 25.6. The number of hydrogen-bond donors (Lipinski definition) is 1. The second kappa shape index (κ2) is 7.62. The van der Waals surface area contributed by atoms with E-state index in [4.69, 9.17) is 0 Å². The Labute approximate surface area is 116 Å². The van der Waals surface area contributed by atoms with Crippen molar-refractivity contribution in [2.75, 3.05) is 18.8 Å². The highest BCUT2D eigenvalue weighted by Crippen LogP contribution is 2.12. The zero-order valence-corrected chi connectivity index (χ0v) is 12.8. The van der Waals surface area contributed by atoms with Crippen LogP contribution in [0.5, 0.6) is 0 Å². The summed E-state index contributed by atoms with van der Waals surface area (Å²) in [4.78, 5) is 2.31. The van der Waals surface area contributed by atoms with Crippen LogP contribution in [-0.4, -0.2) is 32.2 Å². The van der Waals surface area contributed by atoms with Crippen molar-refractivity contribution in [1.29, 1.82) is 0 Å². The smallest absolute Gasteiger partial charge is 0.211 e. The molecule has 0 unspecified atom stereocenters. The van der Waals surface area contributed by atoms with Gasteiger partial charge in [-0.15, -0.1) is 0 Å². The van der Waals surface area contributed by atoms with E-state index in [1.165, 1.54) is 5.56 Å². The number of sulfonamides is 1. The lowest BCUT2D eigenvalue weighted by Crippen LogP contribution is -2.27. The largest absolute Gasteiger partial charge is 0.300 e. The van der Waals surface area contributed by atoms with Gasteiger partial charge < -0.3 is 0 Å². The predicted octanol–water partition coefficient (Wildman–Crippen LogP) is 1.97. The van der Waals surface area contributed by atoms with Crippen molar-refractivity contribution in [2.45, 2.75) is 33.9 Å². The molecule has 0 amide bonds. The minimum Gasteiger partial charge on any atom is -0.300 e. The van der Waals surface area contributed by atoms with E-state index in [0.29, 0.717) is 6.54 Å². The minimum atomic E-state index is -3.14. The second-order valence-corrected chi connectivity index (χ2v) is 6.55. The number of benzene rings is 1. The normalized spacial score (nSPS) is 12.0. The Hall–Kier alpha value is -0.910. The molecule has 0 bridgehead atoms. The third-order valence-corrected chi connectivity index (χ3v) is 4.61. The molecule has 19 heavy (non-hydrogen) atoms. The molecule has 0 atom stereocenters. The van der Waals surface area contributed by atoms with Gasteiger partial charge in [0.2, 0.25) is 10.0 Å². The summed E-state index contributed by atoms with van der Waals surface area (Å²) >= 11 is 0. The highest BCUT2D eigenvalue weighted by Gasteiger charge is 2.09. The van der Waals surface area contributed by atoms with Gasteiger partial charge in [0.15, 0.2) is 0 Å². The quantitative estimate of drug-likeness (QED) is 0.794. The molecule has 1 aromatic carbocycles. The van der Waals surface area contributed by atoms with Crippen molar-refractivity contribution in [2.24, 2.45) is 0 Å². The molecular formula is C14H24N2O2S. The van der Waals surface area contributed by atoms with Crippen LogP contribution in [0.25, 0.3) is 0 Å². The van der Waals surface area contributed by atoms with E-state index in [1.54, 1.807) is 6.92 Å². The predicted molar refractivity (Wildman–Crippen MR) is 79.4 cm³/mol. The Morgan fingerprint density at radius 1 is 1.05 bits per heavy atom. The Bertz CT molecular complexity index is 482. The van der Waals surface area contributed by atoms with Crippen molar-refractivity contribution in [3.8, 4) is 0 Å². The molecule has 0 heterocycles. The molecule has 0 fully saturated rings. The van der Waals surface area contributed by atoms with Gasteiger partial charge in [-0.05, 0) is 31.1 Å². The lowest BCUT2D eigenvalue weighted by molar-refractivity contribution is 0.295. The van der Waals surface area contributed by atoms with Crippen LogP contribution in [0.4, 0.5) is 0 Å². The van der Waals surface area contributed by atoms with Gasteiger partial charge in [-0.2, -0.15) is 0 Å². The summed E-state index contributed by atoms with van der Waals surface area (Å²) in [6.07, 6.45) is 0. The van der Waals surface area contributed by atoms with Crippen LogP contribution in [-0.2, 0) is 23.1 Å². The van der Waals surface area contributed by atoms with Crippen molar-refractivity contribution in [3.05, 3.63) is 35.4 Å². The third kappa shape index (κ3) is 5.30. The fourth-order valence-electron chi connectivity index (χ4n) is 1.86. The zero-order chi connectivity index (χ0) is 14.3. The number of nitrogens with one attached hydrogen (secondary N) is 1. The number of nitrogens with zero attached hydrogens (tertiary/aromatic N) is 1. The summed E-state index contributed by atoms with van der Waals surface area (Å²) in [6, 6.07) is 7.99. The summed E-state index contributed by atoms with van der Waals surface area (Å²) in [5.74, 6) is 0.116. The molecular weight excluding hydrogens is 260 g/mol. The molecule has 4 nitrogen and oxygen atoms in total. The summed E-state index contributed by atoms with van der Waals surface area (Å²) in [5, 5.41) is 0. The van der Waals surface area contributed by atoms with Crippen LogP contribution in [0.1, 0.15) is 31.9 Å². The molecule has 0 aliphatic heterocycles. The van der Waals surface area contributed by atoms with Crippen LogP contribution in [0, 0.1) is 0 Å². The van der Waals surface area contributed by atoms with Gasteiger partial charge in [0.05, 0.1) is 5.75 Å². The SMILES string of the molecule is CCN(CC)Cc1ccccc1CNS(=O)(=O)CC. The van der Waals surface area contributed by atoms with Gasteiger partial charge in [-0.3, -0.25) is 4.90 Å². The minimum absolute atomic E-state index is 0.116. The Morgan fingerprint density at radius 3 is 2.16 bits per heavy atom. The van der Waals surface area contributed by atoms with E-state index in [1.807, 2.05) is 18.2 Å². The fraction of sp³-hybridized carbons (Fsp3) is 0.571. The van der Waals surface area contributed by atoms with E-state index < -0.39 is 10.0 Å². The Morgan fingerprint density at radius 2 is 1.63 bits per heavy atom. The average Bonchev–Trinajstić information content (AvgIpc) is 2.43. The summed E-state index contributed by atoms with van der Waals surface area (Å²) in [6.45, 7) is 9.11. The van der Waals surface area contributed by atoms with E-state index in [2.05, 4.69) is 29.5 Å². The average molecular weight is 284 g/mol. The molecule has 0 radical (unpaired) electrons. The third-order valence-electron chi connectivity index (χ3n) is 3.27. The van der Waals surface area contributed by atoms with Crippen LogP contribution < -0.4 is 4.72 Å². The fourth-order valence-corrected chi connectivity index (χ4v) is 2.44. The van der Waals surface area contributed by atoms with E-state index >= 15 is 0 Å². The molecule has 0 aromatic heterocycles. The van der Waals surface area contributed by atoms with Crippen molar-refractivity contribution in [1.82, 2.24) is 9.62 Å². The van der Waals surface area contributed by atoms with Crippen LogP contribution in [0.15, 0.2) is 24.3 Å². The second-order valence-electron chi connectivity index (χ2n) is 4.45. The van der Waals surface area contributed by atoms with Crippen LogP contribution in [0.2, 0.25) is 0 Å². The molecule has 1 rings (SSSR count). The molecule has 0 saturated carbocycles. The first-order valence-electron chi connectivity index (χ1n) is 6.78. The molecule has 0 aliphatic carbocycles. The van der Waals surface area contributed by atoms with Crippen molar-refractivity contribution < 1.29 is 8.42 Å². The van der Waals surface area contributed by atoms with Gasteiger partial charge in [0, 0.05) is 13.1 Å².